The number of anilines is 1. The fourth-order valence-electron chi connectivity index (χ4n) is 1.39. The van der Waals surface area contributed by atoms with Crippen molar-refractivity contribution in [3.63, 3.8) is 0 Å². The summed E-state index contributed by atoms with van der Waals surface area (Å²) in [6.45, 7) is 3.06. The Hall–Kier alpha value is -1.60. The van der Waals surface area contributed by atoms with E-state index in [-0.39, 0.29) is 22.8 Å². The van der Waals surface area contributed by atoms with Crippen molar-refractivity contribution < 1.29 is 18.3 Å². The number of amides is 1. The second-order valence-electron chi connectivity index (χ2n) is 5.06. The van der Waals surface area contributed by atoms with Crippen LogP contribution in [0.2, 0.25) is 0 Å². The lowest BCUT2D eigenvalue weighted by Crippen LogP contribution is -2.46. The molecule has 1 aromatic carbocycles. The van der Waals surface area contributed by atoms with Crippen molar-refractivity contribution in [3.8, 4) is 0 Å². The monoisotopic (exact) mass is 286 g/mol. The second kappa shape index (κ2) is 5.18. The standard InChI is InChI=1S/C12H18N2O4S/c1-12(2,7-15)14-11(16)8-4-9(13)6-10(5-8)19(3,17)18/h4-6,15H,7,13H2,1-3H3,(H,14,16). The molecule has 0 radical (unpaired) electrons. The third kappa shape index (κ3) is 4.22. The van der Waals surface area contributed by atoms with Crippen molar-refractivity contribution in [2.45, 2.75) is 24.3 Å². The molecule has 4 N–H and O–H groups in total. The van der Waals surface area contributed by atoms with Gasteiger partial charge in [-0.2, -0.15) is 0 Å². The van der Waals surface area contributed by atoms with Crippen LogP contribution in [0, 0.1) is 0 Å². The van der Waals surface area contributed by atoms with Crippen LogP contribution in [0.5, 0.6) is 0 Å². The maximum atomic E-state index is 12.0. The van der Waals surface area contributed by atoms with E-state index in [9.17, 15) is 13.2 Å². The van der Waals surface area contributed by atoms with Crippen LogP contribution >= 0.6 is 0 Å². The Morgan fingerprint density at radius 1 is 1.37 bits per heavy atom. The van der Waals surface area contributed by atoms with E-state index >= 15 is 0 Å². The van der Waals surface area contributed by atoms with E-state index in [1.54, 1.807) is 13.8 Å². The Kier molecular flexibility index (Phi) is 4.21. The summed E-state index contributed by atoms with van der Waals surface area (Å²) in [5, 5.41) is 11.7. The van der Waals surface area contributed by atoms with Crippen molar-refractivity contribution in [1.82, 2.24) is 5.32 Å². The zero-order chi connectivity index (χ0) is 14.8. The first-order valence-electron chi connectivity index (χ1n) is 5.59. The quantitative estimate of drug-likeness (QED) is 0.684. The predicted molar refractivity (Wildman–Crippen MR) is 72.6 cm³/mol. The number of nitrogen functional groups attached to an aromatic ring is 1. The van der Waals surface area contributed by atoms with Gasteiger partial charge in [0.25, 0.3) is 5.91 Å². The molecule has 1 rings (SSSR count). The Labute approximate surface area is 112 Å². The van der Waals surface area contributed by atoms with E-state index in [1.165, 1.54) is 18.2 Å². The van der Waals surface area contributed by atoms with Gasteiger partial charge in [0.05, 0.1) is 17.0 Å². The van der Waals surface area contributed by atoms with Crippen LogP contribution in [-0.4, -0.2) is 37.8 Å². The van der Waals surface area contributed by atoms with Crippen LogP contribution in [0.1, 0.15) is 24.2 Å². The molecule has 0 saturated carbocycles. The third-order valence-corrected chi connectivity index (χ3v) is 3.56. The zero-order valence-corrected chi connectivity index (χ0v) is 11.9. The van der Waals surface area contributed by atoms with Crippen LogP contribution in [-0.2, 0) is 9.84 Å². The van der Waals surface area contributed by atoms with Crippen LogP contribution in [0.4, 0.5) is 5.69 Å². The Bertz CT molecular complexity index is 594. The summed E-state index contributed by atoms with van der Waals surface area (Å²) >= 11 is 0. The van der Waals surface area contributed by atoms with Crippen LogP contribution < -0.4 is 11.1 Å². The lowest BCUT2D eigenvalue weighted by molar-refractivity contribution is 0.0869. The van der Waals surface area contributed by atoms with Crippen LogP contribution in [0.3, 0.4) is 0 Å². The van der Waals surface area contributed by atoms with E-state index in [1.807, 2.05) is 0 Å². The van der Waals surface area contributed by atoms with Crippen molar-refractivity contribution >= 4 is 21.4 Å². The number of nitrogens with two attached hydrogens (primary N) is 1. The molecule has 7 heteroatoms. The van der Waals surface area contributed by atoms with Gasteiger partial charge in [-0.1, -0.05) is 0 Å². The fraction of sp³-hybridized carbons (Fsp3) is 0.417. The number of carbonyl (C=O) groups excluding carboxylic acids is 1. The lowest BCUT2D eigenvalue weighted by Gasteiger charge is -2.23. The first-order valence-corrected chi connectivity index (χ1v) is 7.48. The molecule has 0 bridgehead atoms. The van der Waals surface area contributed by atoms with E-state index in [2.05, 4.69) is 5.32 Å². The highest BCUT2D eigenvalue weighted by Gasteiger charge is 2.21. The predicted octanol–water partition coefficient (Wildman–Crippen LogP) is 0.173. The number of sulfone groups is 1. The van der Waals surface area contributed by atoms with Gasteiger partial charge in [-0.25, -0.2) is 8.42 Å². The third-order valence-electron chi connectivity index (χ3n) is 2.47. The minimum absolute atomic E-state index is 0.0144. The number of rotatable bonds is 4. The molecule has 0 aromatic heterocycles. The largest absolute Gasteiger partial charge is 0.399 e. The van der Waals surface area contributed by atoms with E-state index in [0.29, 0.717) is 0 Å². The molecule has 19 heavy (non-hydrogen) atoms. The maximum absolute atomic E-state index is 12.0. The van der Waals surface area contributed by atoms with Crippen LogP contribution in [0.25, 0.3) is 0 Å². The molecule has 0 spiro atoms. The molecule has 0 unspecified atom stereocenters. The van der Waals surface area contributed by atoms with E-state index < -0.39 is 21.3 Å². The normalized spacial score (nSPS) is 12.2. The van der Waals surface area contributed by atoms with Gasteiger partial charge < -0.3 is 16.2 Å². The average molecular weight is 286 g/mol. The molecule has 1 aromatic rings. The van der Waals surface area contributed by atoms with Gasteiger partial charge in [0.2, 0.25) is 0 Å². The molecule has 0 fully saturated rings. The van der Waals surface area contributed by atoms with Crippen molar-refractivity contribution in [1.29, 1.82) is 0 Å². The number of aliphatic hydroxyl groups excluding tert-OH is 1. The first kappa shape index (κ1) is 15.5. The Morgan fingerprint density at radius 2 is 1.95 bits per heavy atom. The number of nitrogens with one attached hydrogen (secondary N) is 1. The van der Waals surface area contributed by atoms with Gasteiger partial charge in [-0.3, -0.25) is 4.79 Å². The summed E-state index contributed by atoms with van der Waals surface area (Å²) in [7, 11) is -3.44. The molecular formula is C12H18N2O4S. The molecule has 0 aliphatic rings. The molecule has 0 aliphatic carbocycles. The molecule has 0 atom stereocenters. The van der Waals surface area contributed by atoms with Crippen molar-refractivity contribution in [3.05, 3.63) is 23.8 Å². The van der Waals surface area contributed by atoms with Gasteiger partial charge in [0.15, 0.2) is 9.84 Å². The topological polar surface area (TPSA) is 109 Å². The van der Waals surface area contributed by atoms with Crippen LogP contribution in [0.15, 0.2) is 23.1 Å². The number of carbonyl (C=O) groups is 1. The smallest absolute Gasteiger partial charge is 0.251 e. The molecule has 0 saturated heterocycles. The summed E-state index contributed by atoms with van der Waals surface area (Å²) in [6.07, 6.45) is 1.04. The van der Waals surface area contributed by atoms with Gasteiger partial charge >= 0.3 is 0 Å². The molecule has 0 heterocycles. The highest BCUT2D eigenvalue weighted by atomic mass is 32.2. The highest BCUT2D eigenvalue weighted by molar-refractivity contribution is 7.90. The molecule has 106 valence electrons. The molecule has 6 nitrogen and oxygen atoms in total. The van der Waals surface area contributed by atoms with Gasteiger partial charge in [0, 0.05) is 17.5 Å². The summed E-state index contributed by atoms with van der Waals surface area (Å²) < 4.78 is 22.9. The van der Waals surface area contributed by atoms with E-state index in [0.717, 1.165) is 6.26 Å². The maximum Gasteiger partial charge on any atom is 0.251 e. The van der Waals surface area contributed by atoms with Crippen molar-refractivity contribution in [2.24, 2.45) is 0 Å². The fourth-order valence-corrected chi connectivity index (χ4v) is 2.08. The zero-order valence-electron chi connectivity index (χ0n) is 11.1. The second-order valence-corrected chi connectivity index (χ2v) is 7.07. The van der Waals surface area contributed by atoms with Crippen molar-refractivity contribution in [2.75, 3.05) is 18.6 Å². The van der Waals surface area contributed by atoms with Gasteiger partial charge in [-0.15, -0.1) is 0 Å². The first-order chi connectivity index (χ1) is 8.55. The van der Waals surface area contributed by atoms with Gasteiger partial charge in [-0.05, 0) is 32.0 Å². The highest BCUT2D eigenvalue weighted by Crippen LogP contribution is 2.17. The average Bonchev–Trinajstić information content (AvgIpc) is 2.26. The number of hydrogen-bond acceptors (Lipinski definition) is 5. The Morgan fingerprint density at radius 3 is 2.42 bits per heavy atom. The lowest BCUT2D eigenvalue weighted by atomic mass is 10.1. The minimum atomic E-state index is -3.44. The SMILES string of the molecule is CC(C)(CO)NC(=O)c1cc(N)cc(S(C)(=O)=O)c1. The number of hydrogen-bond donors (Lipinski definition) is 3. The molecule has 1 amide bonds. The molecular weight excluding hydrogens is 268 g/mol. The minimum Gasteiger partial charge on any atom is -0.399 e. The summed E-state index contributed by atoms with van der Waals surface area (Å²) in [6, 6.07) is 3.94. The number of benzene rings is 1. The number of aliphatic hydroxyl groups is 1. The van der Waals surface area contributed by atoms with E-state index in [4.69, 9.17) is 10.8 Å². The summed E-state index contributed by atoms with van der Waals surface area (Å²) in [4.78, 5) is 12.0. The summed E-state index contributed by atoms with van der Waals surface area (Å²) in [5.74, 6) is -0.490. The Balaban J connectivity index is 3.15. The van der Waals surface area contributed by atoms with Gasteiger partial charge in [0.1, 0.15) is 0 Å². The summed E-state index contributed by atoms with van der Waals surface area (Å²) in [5.41, 5.74) is 5.13. The molecule has 0 aliphatic heterocycles.